The molecule has 1 fully saturated rings. The number of aliphatic imine (C=N–C) groups is 2. The molecule has 0 aliphatic carbocycles. The standard InChI is InChI=1S/C11H16ClN5O3/c1-14-9(13)6-10(15-2)17(4-16-6)11-8(19)7(18)5(3-12)20-11/h4-5,7-8,11,18-19H,2-3H2,1H3,(H2,13,14). The van der Waals surface area contributed by atoms with Gasteiger partial charge in [0, 0.05) is 7.05 Å². The summed E-state index contributed by atoms with van der Waals surface area (Å²) in [7, 11) is 1.52. The van der Waals surface area contributed by atoms with Gasteiger partial charge in [-0.15, -0.1) is 11.6 Å². The minimum atomic E-state index is -1.15. The average molecular weight is 302 g/mol. The number of rotatable bonds is 4. The largest absolute Gasteiger partial charge is 0.387 e. The molecule has 4 unspecified atom stereocenters. The molecule has 20 heavy (non-hydrogen) atoms. The summed E-state index contributed by atoms with van der Waals surface area (Å²) in [5, 5.41) is 19.9. The van der Waals surface area contributed by atoms with Crippen LogP contribution in [0, 0.1) is 0 Å². The van der Waals surface area contributed by atoms with Crippen LogP contribution in [0.15, 0.2) is 16.3 Å². The van der Waals surface area contributed by atoms with E-state index in [1.54, 1.807) is 0 Å². The van der Waals surface area contributed by atoms with Crippen LogP contribution >= 0.6 is 11.6 Å². The van der Waals surface area contributed by atoms with Crippen LogP contribution in [0.4, 0.5) is 5.82 Å². The summed E-state index contributed by atoms with van der Waals surface area (Å²) in [6, 6.07) is 0. The van der Waals surface area contributed by atoms with Gasteiger partial charge in [-0.25, -0.2) is 9.98 Å². The van der Waals surface area contributed by atoms with Crippen molar-refractivity contribution in [3.63, 3.8) is 0 Å². The van der Waals surface area contributed by atoms with Crippen LogP contribution in [0.25, 0.3) is 0 Å². The first kappa shape index (κ1) is 14.9. The molecular weight excluding hydrogens is 286 g/mol. The number of aromatic nitrogens is 2. The Morgan fingerprint density at radius 1 is 1.60 bits per heavy atom. The van der Waals surface area contributed by atoms with Gasteiger partial charge in [0.05, 0.1) is 12.2 Å². The van der Waals surface area contributed by atoms with E-state index in [0.717, 1.165) is 0 Å². The molecule has 4 N–H and O–H groups in total. The Balaban J connectivity index is 2.39. The van der Waals surface area contributed by atoms with E-state index in [-0.39, 0.29) is 11.7 Å². The molecule has 0 radical (unpaired) electrons. The van der Waals surface area contributed by atoms with Gasteiger partial charge in [-0.2, -0.15) is 0 Å². The Labute approximate surface area is 120 Å². The number of nitrogens with two attached hydrogens (primary N) is 1. The molecule has 2 heterocycles. The lowest BCUT2D eigenvalue weighted by atomic mass is 10.1. The number of aliphatic hydroxyl groups excluding tert-OH is 2. The summed E-state index contributed by atoms with van der Waals surface area (Å²) in [4.78, 5) is 11.7. The Kier molecular flexibility index (Phi) is 4.39. The lowest BCUT2D eigenvalue weighted by molar-refractivity contribution is -0.0303. The second kappa shape index (κ2) is 5.88. The lowest BCUT2D eigenvalue weighted by Crippen LogP contribution is -2.32. The smallest absolute Gasteiger partial charge is 0.165 e. The second-order valence-electron chi connectivity index (χ2n) is 4.29. The third-order valence-corrected chi connectivity index (χ3v) is 3.47. The van der Waals surface area contributed by atoms with Crippen molar-refractivity contribution in [3.05, 3.63) is 12.0 Å². The predicted molar refractivity (Wildman–Crippen MR) is 74.7 cm³/mol. The number of ether oxygens (including phenoxy) is 1. The van der Waals surface area contributed by atoms with E-state index in [0.29, 0.717) is 11.5 Å². The number of hydrogen-bond acceptors (Lipinski definition) is 6. The number of amidine groups is 1. The highest BCUT2D eigenvalue weighted by Crippen LogP contribution is 2.34. The number of imidazole rings is 1. The fourth-order valence-corrected chi connectivity index (χ4v) is 2.33. The van der Waals surface area contributed by atoms with Crippen LogP contribution < -0.4 is 5.73 Å². The van der Waals surface area contributed by atoms with Crippen LogP contribution in [0.3, 0.4) is 0 Å². The topological polar surface area (TPSA) is 118 Å². The zero-order chi connectivity index (χ0) is 14.9. The highest BCUT2D eigenvalue weighted by molar-refractivity contribution is 6.18. The average Bonchev–Trinajstić information content (AvgIpc) is 3.00. The van der Waals surface area contributed by atoms with Crippen molar-refractivity contribution in [2.24, 2.45) is 15.7 Å². The third-order valence-electron chi connectivity index (χ3n) is 3.16. The zero-order valence-corrected chi connectivity index (χ0v) is 11.6. The molecular formula is C11H16ClN5O3. The number of hydrogen-bond donors (Lipinski definition) is 3. The van der Waals surface area contributed by atoms with E-state index in [2.05, 4.69) is 21.7 Å². The zero-order valence-electron chi connectivity index (χ0n) is 10.8. The van der Waals surface area contributed by atoms with Crippen LogP contribution in [-0.2, 0) is 4.74 Å². The summed E-state index contributed by atoms with van der Waals surface area (Å²) in [6.07, 6.45) is -2.37. The molecule has 1 saturated heterocycles. The van der Waals surface area contributed by atoms with Gasteiger partial charge in [-0.1, -0.05) is 0 Å². The van der Waals surface area contributed by atoms with Gasteiger partial charge in [-0.05, 0) is 6.72 Å². The van der Waals surface area contributed by atoms with E-state index in [1.807, 2.05) is 0 Å². The number of alkyl halides is 1. The number of nitrogens with zero attached hydrogens (tertiary/aromatic N) is 4. The van der Waals surface area contributed by atoms with Crippen LogP contribution in [0.5, 0.6) is 0 Å². The van der Waals surface area contributed by atoms with Gasteiger partial charge < -0.3 is 20.7 Å². The Morgan fingerprint density at radius 2 is 2.30 bits per heavy atom. The lowest BCUT2D eigenvalue weighted by Gasteiger charge is -2.17. The summed E-state index contributed by atoms with van der Waals surface area (Å²) < 4.78 is 6.96. The van der Waals surface area contributed by atoms with Crippen LogP contribution in [0.1, 0.15) is 11.9 Å². The molecule has 0 bridgehead atoms. The Bertz CT molecular complexity index is 532. The molecule has 1 aromatic rings. The summed E-state index contributed by atoms with van der Waals surface area (Å²) >= 11 is 5.68. The van der Waals surface area contributed by atoms with Crippen molar-refractivity contribution in [3.8, 4) is 0 Å². The number of aliphatic hydroxyl groups is 2. The second-order valence-corrected chi connectivity index (χ2v) is 4.60. The first-order valence-electron chi connectivity index (χ1n) is 5.88. The van der Waals surface area contributed by atoms with Crippen LogP contribution in [0.2, 0.25) is 0 Å². The molecule has 0 saturated carbocycles. The minimum absolute atomic E-state index is 0.0612. The Hall–Kier alpha value is -1.48. The maximum Gasteiger partial charge on any atom is 0.165 e. The molecule has 0 spiro atoms. The van der Waals surface area contributed by atoms with E-state index in [9.17, 15) is 10.2 Å². The van der Waals surface area contributed by atoms with Crippen molar-refractivity contribution >= 4 is 30.0 Å². The monoisotopic (exact) mass is 301 g/mol. The van der Waals surface area contributed by atoms with Crippen molar-refractivity contribution in [2.75, 3.05) is 12.9 Å². The van der Waals surface area contributed by atoms with Crippen molar-refractivity contribution < 1.29 is 14.9 Å². The van der Waals surface area contributed by atoms with E-state index in [1.165, 1.54) is 17.9 Å². The van der Waals surface area contributed by atoms with Crippen LogP contribution in [-0.4, -0.2) is 63.6 Å². The maximum absolute atomic E-state index is 10.0. The van der Waals surface area contributed by atoms with Crippen molar-refractivity contribution in [1.82, 2.24) is 9.55 Å². The maximum atomic E-state index is 10.0. The Morgan fingerprint density at radius 3 is 2.80 bits per heavy atom. The third kappa shape index (κ3) is 2.31. The minimum Gasteiger partial charge on any atom is -0.387 e. The normalized spacial score (nSPS) is 30.7. The van der Waals surface area contributed by atoms with Crippen molar-refractivity contribution in [2.45, 2.75) is 24.5 Å². The highest BCUT2D eigenvalue weighted by Gasteiger charge is 2.44. The van der Waals surface area contributed by atoms with Crippen molar-refractivity contribution in [1.29, 1.82) is 0 Å². The molecule has 1 aliphatic heterocycles. The summed E-state index contributed by atoms with van der Waals surface area (Å²) in [5.74, 6) is 0.554. The fraction of sp³-hybridized carbons (Fsp3) is 0.545. The van der Waals surface area contributed by atoms with Gasteiger partial charge in [-0.3, -0.25) is 9.56 Å². The first-order valence-corrected chi connectivity index (χ1v) is 6.42. The van der Waals surface area contributed by atoms with Gasteiger partial charge in [0.25, 0.3) is 0 Å². The van der Waals surface area contributed by atoms with E-state index < -0.39 is 24.5 Å². The molecule has 0 amide bonds. The number of halogens is 1. The SMILES string of the molecule is C=Nc1c(C(N)=NC)ncn1C1OC(CCl)C(O)C1O. The molecule has 2 rings (SSSR count). The van der Waals surface area contributed by atoms with Gasteiger partial charge in [0.1, 0.15) is 29.8 Å². The predicted octanol–water partition coefficient (Wildman–Crippen LogP) is -0.592. The molecule has 4 atom stereocenters. The molecule has 8 nitrogen and oxygen atoms in total. The quantitative estimate of drug-likeness (QED) is 0.390. The fourth-order valence-electron chi connectivity index (χ4n) is 2.07. The van der Waals surface area contributed by atoms with Gasteiger partial charge >= 0.3 is 0 Å². The summed E-state index contributed by atoms with van der Waals surface area (Å²) in [5.41, 5.74) is 6.05. The van der Waals surface area contributed by atoms with Gasteiger partial charge in [0.15, 0.2) is 12.0 Å². The molecule has 9 heteroatoms. The van der Waals surface area contributed by atoms with Gasteiger partial charge in [0.2, 0.25) is 0 Å². The van der Waals surface area contributed by atoms with E-state index in [4.69, 9.17) is 22.1 Å². The van der Waals surface area contributed by atoms with E-state index >= 15 is 0 Å². The molecule has 1 aliphatic rings. The first-order chi connectivity index (χ1) is 9.54. The molecule has 110 valence electrons. The molecule has 0 aromatic carbocycles. The summed E-state index contributed by atoms with van der Waals surface area (Å²) in [6.45, 7) is 3.45. The highest BCUT2D eigenvalue weighted by atomic mass is 35.5. The molecule has 1 aromatic heterocycles.